The Morgan fingerprint density at radius 2 is 1.95 bits per heavy atom. The van der Waals surface area contributed by atoms with Gasteiger partial charge < -0.3 is 0 Å². The molecule has 0 aliphatic rings. The van der Waals surface area contributed by atoms with Gasteiger partial charge in [0.1, 0.15) is 16.6 Å². The Hall–Kier alpha value is -3.29. The summed E-state index contributed by atoms with van der Waals surface area (Å²) in [6.07, 6.45) is 0. The van der Waals surface area contributed by atoms with E-state index in [0.29, 0.717) is 22.4 Å². The van der Waals surface area contributed by atoms with Crippen molar-refractivity contribution in [2.45, 2.75) is 0 Å². The van der Waals surface area contributed by atoms with E-state index in [1.807, 2.05) is 30.3 Å². The average molecular weight is 281 g/mol. The van der Waals surface area contributed by atoms with Gasteiger partial charge in [0.05, 0.1) is 4.92 Å². The van der Waals surface area contributed by atoms with Crippen LogP contribution >= 0.6 is 0 Å². The number of non-ortho nitro benzene ring substituents is 1. The second-order valence-corrected chi connectivity index (χ2v) is 4.44. The smallest absolute Gasteiger partial charge is 0.269 e. The molecule has 4 rings (SSSR count). The summed E-state index contributed by atoms with van der Waals surface area (Å²) in [4.78, 5) is 19.3. The fraction of sp³-hybridized carbons (Fsp3) is 0. The minimum atomic E-state index is -0.519. The molecule has 0 saturated carbocycles. The van der Waals surface area contributed by atoms with E-state index in [1.54, 1.807) is 0 Å². The van der Waals surface area contributed by atoms with Crippen LogP contribution in [0.25, 0.3) is 33.5 Å². The lowest BCUT2D eigenvalue weighted by Crippen LogP contribution is -1.90. The van der Waals surface area contributed by atoms with E-state index in [0.717, 1.165) is 5.56 Å². The molecule has 0 spiro atoms. The topological polar surface area (TPSA) is 111 Å². The van der Waals surface area contributed by atoms with Gasteiger partial charge >= 0.3 is 5.69 Å². The van der Waals surface area contributed by atoms with E-state index in [4.69, 9.17) is 4.63 Å². The minimum Gasteiger partial charge on any atom is -0.269 e. The van der Waals surface area contributed by atoms with Crippen molar-refractivity contribution >= 4 is 27.8 Å². The Bertz CT molecular complexity index is 973. The molecule has 4 aromatic rings. The molecule has 0 bridgehead atoms. The molecule has 0 atom stereocenters. The molecule has 8 nitrogen and oxygen atoms in total. The SMILES string of the molecule is O=[N+]([O-])c1cc2nc(-c3ccccc3)nc2c2[nH]onc12. The van der Waals surface area contributed by atoms with Crippen molar-refractivity contribution in [3.63, 3.8) is 0 Å². The van der Waals surface area contributed by atoms with E-state index >= 15 is 0 Å². The zero-order valence-corrected chi connectivity index (χ0v) is 10.5. The second kappa shape index (κ2) is 4.10. The number of hydrogen-bond donors (Lipinski definition) is 1. The van der Waals surface area contributed by atoms with E-state index in [9.17, 15) is 10.1 Å². The number of imidazole rings is 1. The molecule has 21 heavy (non-hydrogen) atoms. The molecule has 2 heterocycles. The van der Waals surface area contributed by atoms with Crippen molar-refractivity contribution in [1.82, 2.24) is 20.3 Å². The summed E-state index contributed by atoms with van der Waals surface area (Å²) in [7, 11) is 0. The number of nitro groups is 1. The van der Waals surface area contributed by atoms with Crippen LogP contribution in [0.3, 0.4) is 0 Å². The van der Waals surface area contributed by atoms with Gasteiger partial charge in [0.15, 0.2) is 5.82 Å². The number of nitro benzene ring substituents is 1. The van der Waals surface area contributed by atoms with Gasteiger partial charge in [0, 0.05) is 11.6 Å². The van der Waals surface area contributed by atoms with Crippen molar-refractivity contribution in [2.24, 2.45) is 0 Å². The molecule has 8 heteroatoms. The molecule has 102 valence electrons. The predicted octanol–water partition coefficient (Wildman–Crippen LogP) is 2.67. The molecule has 0 radical (unpaired) electrons. The van der Waals surface area contributed by atoms with Gasteiger partial charge in [-0.3, -0.25) is 14.7 Å². The molecule has 2 aromatic carbocycles. The summed E-state index contributed by atoms with van der Waals surface area (Å²) in [5, 5.41) is 17.3. The molecule has 2 aromatic heterocycles. The molecule has 1 N–H and O–H groups in total. The molecule has 0 amide bonds. The minimum absolute atomic E-state index is 0.131. The number of nitrogens with zero attached hydrogens (tertiary/aromatic N) is 4. The Morgan fingerprint density at radius 1 is 1.14 bits per heavy atom. The summed E-state index contributed by atoms with van der Waals surface area (Å²) >= 11 is 0. The largest absolute Gasteiger partial charge is 0.302 e. The third kappa shape index (κ3) is 1.66. The summed E-state index contributed by atoms with van der Waals surface area (Å²) in [5.74, 6) is 0.502. The lowest BCUT2D eigenvalue weighted by Gasteiger charge is -1.91. The van der Waals surface area contributed by atoms with E-state index in [-0.39, 0.29) is 11.2 Å². The van der Waals surface area contributed by atoms with Gasteiger partial charge in [0.25, 0.3) is 0 Å². The van der Waals surface area contributed by atoms with Gasteiger partial charge in [-0.25, -0.2) is 9.97 Å². The van der Waals surface area contributed by atoms with Crippen LogP contribution in [0, 0.1) is 10.1 Å². The molecular formula is C13H7N5O3. The maximum Gasteiger partial charge on any atom is 0.302 e. The van der Waals surface area contributed by atoms with Gasteiger partial charge in [0.2, 0.25) is 5.52 Å². The van der Waals surface area contributed by atoms with Crippen LogP contribution < -0.4 is 0 Å². The summed E-state index contributed by atoms with van der Waals surface area (Å²) in [6.45, 7) is 0. The highest BCUT2D eigenvalue weighted by molar-refractivity contribution is 6.05. The molecule has 0 saturated heterocycles. The first kappa shape index (κ1) is 11.5. The van der Waals surface area contributed by atoms with Crippen molar-refractivity contribution in [3.05, 3.63) is 46.5 Å². The monoisotopic (exact) mass is 281 g/mol. The maximum absolute atomic E-state index is 11.1. The van der Waals surface area contributed by atoms with Crippen molar-refractivity contribution < 1.29 is 9.55 Å². The highest BCUT2D eigenvalue weighted by Gasteiger charge is 2.22. The molecule has 0 unspecified atom stereocenters. The van der Waals surface area contributed by atoms with E-state index in [2.05, 4.69) is 20.3 Å². The molecular weight excluding hydrogens is 274 g/mol. The van der Waals surface area contributed by atoms with Gasteiger partial charge in [-0.05, 0) is 5.16 Å². The highest BCUT2D eigenvalue weighted by Crippen LogP contribution is 2.31. The van der Waals surface area contributed by atoms with Crippen molar-refractivity contribution in [1.29, 1.82) is 0 Å². The first-order chi connectivity index (χ1) is 10.2. The fourth-order valence-electron chi connectivity index (χ4n) is 2.24. The average Bonchev–Trinajstić information content (AvgIpc) is 3.13. The Kier molecular flexibility index (Phi) is 2.25. The van der Waals surface area contributed by atoms with Crippen LogP contribution in [0.15, 0.2) is 41.0 Å². The third-order valence-corrected chi connectivity index (χ3v) is 3.19. The Labute approximate surface area is 116 Å². The number of aromatic nitrogens is 4. The van der Waals surface area contributed by atoms with E-state index in [1.165, 1.54) is 6.07 Å². The van der Waals surface area contributed by atoms with Crippen LogP contribution in [0.1, 0.15) is 0 Å². The fourth-order valence-corrected chi connectivity index (χ4v) is 2.24. The van der Waals surface area contributed by atoms with Crippen molar-refractivity contribution in [2.75, 3.05) is 0 Å². The second-order valence-electron chi connectivity index (χ2n) is 4.44. The lowest BCUT2D eigenvalue weighted by atomic mass is 10.2. The number of hydrogen-bond acceptors (Lipinski definition) is 6. The van der Waals surface area contributed by atoms with Gasteiger partial charge in [-0.15, -0.1) is 0 Å². The van der Waals surface area contributed by atoms with Crippen LogP contribution in [0.2, 0.25) is 0 Å². The number of H-pyrrole nitrogens is 1. The Balaban J connectivity index is 2.06. The van der Waals surface area contributed by atoms with Crippen LogP contribution in [0.4, 0.5) is 5.69 Å². The molecule has 0 aliphatic heterocycles. The number of nitrogens with one attached hydrogen (secondary N) is 1. The highest BCUT2D eigenvalue weighted by atomic mass is 16.6. The number of benzene rings is 2. The number of aromatic amines is 1. The van der Waals surface area contributed by atoms with Gasteiger partial charge in [-0.2, -0.15) is 5.16 Å². The lowest BCUT2D eigenvalue weighted by molar-refractivity contribution is -0.383. The van der Waals surface area contributed by atoms with E-state index < -0.39 is 4.92 Å². The van der Waals surface area contributed by atoms with Crippen LogP contribution in [-0.4, -0.2) is 25.2 Å². The summed E-state index contributed by atoms with van der Waals surface area (Å²) in [5.41, 5.74) is 2.09. The van der Waals surface area contributed by atoms with Crippen LogP contribution in [0.5, 0.6) is 0 Å². The zero-order chi connectivity index (χ0) is 14.4. The van der Waals surface area contributed by atoms with Crippen molar-refractivity contribution in [3.8, 4) is 11.4 Å². The molecule has 0 aliphatic carbocycles. The third-order valence-electron chi connectivity index (χ3n) is 3.19. The predicted molar refractivity (Wildman–Crippen MR) is 73.5 cm³/mol. The first-order valence-corrected chi connectivity index (χ1v) is 6.08. The number of rotatable bonds is 2. The normalized spacial score (nSPS) is 11.2. The summed E-state index contributed by atoms with van der Waals surface area (Å²) in [6, 6.07) is 10.7. The summed E-state index contributed by atoms with van der Waals surface area (Å²) < 4.78 is 4.73. The maximum atomic E-state index is 11.1. The standard InChI is InChI=1S/C13H7N5O3/c19-18(20)9-6-8-10(12-11(9)16-21-17-12)15-13(14-8)7-4-2-1-3-5-7/h1-6,17H. The Morgan fingerprint density at radius 3 is 2.71 bits per heavy atom. The quantitative estimate of drug-likeness (QED) is 0.446. The molecule has 0 fully saturated rings. The number of fused-ring (bicyclic) bond motifs is 3. The zero-order valence-electron chi connectivity index (χ0n) is 10.5. The first-order valence-electron chi connectivity index (χ1n) is 6.08. The van der Waals surface area contributed by atoms with Crippen LogP contribution in [-0.2, 0) is 0 Å². The van der Waals surface area contributed by atoms with Gasteiger partial charge in [-0.1, -0.05) is 30.3 Å².